The number of nitrogens with zero attached hydrogens (tertiary/aromatic N) is 1. The van der Waals surface area contributed by atoms with Crippen molar-refractivity contribution in [3.05, 3.63) is 21.9 Å². The third kappa shape index (κ3) is 2.59. The topological polar surface area (TPSA) is 32.3 Å². The Balaban J connectivity index is 2.18. The molecule has 3 nitrogen and oxygen atoms in total. The molecule has 1 aromatic rings. The molecular weight excluding hydrogens is 244 g/mol. The molecule has 1 amide bonds. The summed E-state index contributed by atoms with van der Waals surface area (Å²) < 4.78 is 0. The first-order valence-corrected chi connectivity index (χ1v) is 7.61. The van der Waals surface area contributed by atoms with Gasteiger partial charge in [0.2, 0.25) is 5.91 Å². The summed E-state index contributed by atoms with van der Waals surface area (Å²) in [6.07, 6.45) is 3.15. The molecule has 4 heteroatoms. The zero-order chi connectivity index (χ0) is 13.1. The van der Waals surface area contributed by atoms with Crippen molar-refractivity contribution in [2.75, 3.05) is 6.54 Å². The van der Waals surface area contributed by atoms with Gasteiger partial charge < -0.3 is 4.90 Å². The number of carbonyl (C=O) groups excluding carboxylic acids is 1. The van der Waals surface area contributed by atoms with Gasteiger partial charge in [-0.1, -0.05) is 20.3 Å². The van der Waals surface area contributed by atoms with Crippen LogP contribution in [0.25, 0.3) is 0 Å². The van der Waals surface area contributed by atoms with Crippen LogP contribution in [0.5, 0.6) is 0 Å². The number of aryl methyl sites for hydroxylation is 1. The summed E-state index contributed by atoms with van der Waals surface area (Å²) in [5, 5.41) is 3.47. The number of carbonyl (C=O) groups is 1. The summed E-state index contributed by atoms with van der Waals surface area (Å²) in [7, 11) is 0. The molecule has 0 aromatic carbocycles. The van der Waals surface area contributed by atoms with Crippen LogP contribution in [0.4, 0.5) is 0 Å². The first-order chi connectivity index (χ1) is 8.67. The lowest BCUT2D eigenvalue weighted by molar-refractivity contribution is -0.130. The highest BCUT2D eigenvalue weighted by molar-refractivity contribution is 7.12. The molecule has 1 aromatic heterocycles. The Labute approximate surface area is 113 Å². The Morgan fingerprint density at radius 2 is 2.17 bits per heavy atom. The molecule has 1 aliphatic heterocycles. The highest BCUT2D eigenvalue weighted by Crippen LogP contribution is 2.31. The smallest absolute Gasteiger partial charge is 0.241 e. The second-order valence-corrected chi connectivity index (χ2v) is 6.18. The molecule has 2 heterocycles. The second-order valence-electron chi connectivity index (χ2n) is 4.86. The fourth-order valence-electron chi connectivity index (χ4n) is 2.38. The predicted molar refractivity (Wildman–Crippen MR) is 75.6 cm³/mol. The lowest BCUT2D eigenvalue weighted by atomic mass is 10.2. The Kier molecular flexibility index (Phi) is 4.40. The van der Waals surface area contributed by atoms with Crippen LogP contribution in [0.3, 0.4) is 0 Å². The minimum atomic E-state index is -0.00531. The zero-order valence-electron chi connectivity index (χ0n) is 11.4. The van der Waals surface area contributed by atoms with Gasteiger partial charge in [-0.05, 0) is 31.9 Å². The molecule has 0 aliphatic carbocycles. The van der Waals surface area contributed by atoms with E-state index in [4.69, 9.17) is 0 Å². The fraction of sp³-hybridized carbons (Fsp3) is 0.643. The normalized spacial score (nSPS) is 23.9. The van der Waals surface area contributed by atoms with E-state index in [-0.39, 0.29) is 18.1 Å². The van der Waals surface area contributed by atoms with Crippen molar-refractivity contribution >= 4 is 17.2 Å². The standard InChI is InChI=1S/C14H22N2OS/c1-4-6-9-16-13(12-8-7-10(3)18-12)15-11(5-2)14(16)17/h7-8,11,13,15H,4-6,9H2,1-3H3. The number of thiophene rings is 1. The van der Waals surface area contributed by atoms with Gasteiger partial charge in [0.15, 0.2) is 0 Å². The van der Waals surface area contributed by atoms with Gasteiger partial charge in [0.1, 0.15) is 6.17 Å². The molecule has 2 atom stereocenters. The van der Waals surface area contributed by atoms with Crippen molar-refractivity contribution in [3.8, 4) is 0 Å². The van der Waals surface area contributed by atoms with Gasteiger partial charge in [-0.2, -0.15) is 0 Å². The van der Waals surface area contributed by atoms with E-state index in [1.54, 1.807) is 11.3 Å². The molecular formula is C14H22N2OS. The van der Waals surface area contributed by atoms with Gasteiger partial charge >= 0.3 is 0 Å². The Hall–Kier alpha value is -0.870. The van der Waals surface area contributed by atoms with Gasteiger partial charge in [-0.3, -0.25) is 10.1 Å². The SMILES string of the molecule is CCCCN1C(=O)C(CC)NC1c1ccc(C)s1. The molecule has 0 radical (unpaired) electrons. The molecule has 1 saturated heterocycles. The van der Waals surface area contributed by atoms with E-state index in [2.05, 4.69) is 38.2 Å². The van der Waals surface area contributed by atoms with Crippen LogP contribution in [0, 0.1) is 6.92 Å². The average molecular weight is 266 g/mol. The molecule has 100 valence electrons. The van der Waals surface area contributed by atoms with E-state index in [0.717, 1.165) is 25.8 Å². The average Bonchev–Trinajstić information content (AvgIpc) is 2.91. The van der Waals surface area contributed by atoms with Crippen LogP contribution in [0.15, 0.2) is 12.1 Å². The summed E-state index contributed by atoms with van der Waals surface area (Å²) in [5.41, 5.74) is 0. The third-order valence-electron chi connectivity index (χ3n) is 3.44. The molecule has 1 N–H and O–H groups in total. The maximum Gasteiger partial charge on any atom is 0.241 e. The quantitative estimate of drug-likeness (QED) is 0.888. The highest BCUT2D eigenvalue weighted by Gasteiger charge is 2.38. The largest absolute Gasteiger partial charge is 0.321 e. The van der Waals surface area contributed by atoms with E-state index in [0.29, 0.717) is 0 Å². The Morgan fingerprint density at radius 3 is 2.72 bits per heavy atom. The summed E-state index contributed by atoms with van der Waals surface area (Å²) in [4.78, 5) is 16.9. The van der Waals surface area contributed by atoms with Crippen LogP contribution in [-0.2, 0) is 4.79 Å². The summed E-state index contributed by atoms with van der Waals surface area (Å²) >= 11 is 1.78. The van der Waals surface area contributed by atoms with Gasteiger partial charge in [0.05, 0.1) is 6.04 Å². The highest BCUT2D eigenvalue weighted by atomic mass is 32.1. The van der Waals surface area contributed by atoms with E-state index in [9.17, 15) is 4.79 Å². The second kappa shape index (κ2) is 5.85. The number of nitrogens with one attached hydrogen (secondary N) is 1. The van der Waals surface area contributed by atoms with E-state index < -0.39 is 0 Å². The maximum absolute atomic E-state index is 12.3. The molecule has 2 unspecified atom stereocenters. The monoisotopic (exact) mass is 266 g/mol. The molecule has 1 aliphatic rings. The predicted octanol–water partition coefficient (Wildman–Crippen LogP) is 3.07. The number of hydrogen-bond donors (Lipinski definition) is 1. The first kappa shape index (κ1) is 13.6. The molecule has 0 spiro atoms. The van der Waals surface area contributed by atoms with Crippen molar-refractivity contribution < 1.29 is 4.79 Å². The summed E-state index contributed by atoms with van der Waals surface area (Å²) in [5.74, 6) is 0.266. The van der Waals surface area contributed by atoms with E-state index in [1.807, 2.05) is 4.90 Å². The van der Waals surface area contributed by atoms with Gasteiger partial charge in [-0.15, -0.1) is 11.3 Å². The van der Waals surface area contributed by atoms with Gasteiger partial charge in [-0.25, -0.2) is 0 Å². The van der Waals surface area contributed by atoms with Crippen LogP contribution >= 0.6 is 11.3 Å². The van der Waals surface area contributed by atoms with E-state index >= 15 is 0 Å². The first-order valence-electron chi connectivity index (χ1n) is 6.80. The molecule has 18 heavy (non-hydrogen) atoms. The van der Waals surface area contributed by atoms with Crippen molar-refractivity contribution in [1.29, 1.82) is 0 Å². The van der Waals surface area contributed by atoms with Crippen molar-refractivity contribution in [3.63, 3.8) is 0 Å². The molecule has 0 bridgehead atoms. The Bertz CT molecular complexity index is 416. The van der Waals surface area contributed by atoms with Crippen molar-refractivity contribution in [2.45, 2.75) is 52.2 Å². The number of hydrogen-bond acceptors (Lipinski definition) is 3. The molecule has 0 saturated carbocycles. The fourth-order valence-corrected chi connectivity index (χ4v) is 3.33. The Morgan fingerprint density at radius 1 is 1.39 bits per heavy atom. The van der Waals surface area contributed by atoms with E-state index in [1.165, 1.54) is 9.75 Å². The lowest BCUT2D eigenvalue weighted by Crippen LogP contribution is -2.31. The van der Waals surface area contributed by atoms with Crippen molar-refractivity contribution in [2.24, 2.45) is 0 Å². The summed E-state index contributed by atoms with van der Waals surface area (Å²) in [6, 6.07) is 4.26. The minimum absolute atomic E-state index is 0.00531. The molecule has 2 rings (SSSR count). The van der Waals surface area contributed by atoms with Crippen molar-refractivity contribution in [1.82, 2.24) is 10.2 Å². The van der Waals surface area contributed by atoms with Gasteiger partial charge in [0, 0.05) is 16.3 Å². The zero-order valence-corrected chi connectivity index (χ0v) is 12.2. The summed E-state index contributed by atoms with van der Waals surface area (Å²) in [6.45, 7) is 7.20. The van der Waals surface area contributed by atoms with Crippen LogP contribution in [0.2, 0.25) is 0 Å². The maximum atomic E-state index is 12.3. The lowest BCUT2D eigenvalue weighted by Gasteiger charge is -2.23. The van der Waals surface area contributed by atoms with Crippen LogP contribution < -0.4 is 5.32 Å². The van der Waals surface area contributed by atoms with Gasteiger partial charge in [0.25, 0.3) is 0 Å². The minimum Gasteiger partial charge on any atom is -0.321 e. The number of unbranched alkanes of at least 4 members (excludes halogenated alkanes) is 1. The third-order valence-corrected chi connectivity index (χ3v) is 4.50. The van der Waals surface area contributed by atoms with Crippen LogP contribution in [0.1, 0.15) is 49.0 Å². The number of amides is 1. The molecule has 1 fully saturated rings. The van der Waals surface area contributed by atoms with Crippen LogP contribution in [-0.4, -0.2) is 23.4 Å². The number of rotatable bonds is 5.